The van der Waals surface area contributed by atoms with Crippen molar-refractivity contribution in [1.29, 1.82) is 0 Å². The van der Waals surface area contributed by atoms with Crippen molar-refractivity contribution >= 4 is 0 Å². The molecule has 0 rings (SSSR count). The van der Waals surface area contributed by atoms with Crippen LogP contribution in [0.4, 0.5) is 0 Å². The molecule has 0 amide bonds. The Bertz CT molecular complexity index is 72.6. The van der Waals surface area contributed by atoms with E-state index in [-0.39, 0.29) is 6.61 Å². The Balaban J connectivity index is 3.62. The van der Waals surface area contributed by atoms with Crippen molar-refractivity contribution in [3.8, 4) is 0 Å². The molecule has 4 nitrogen and oxygen atoms in total. The summed E-state index contributed by atoms with van der Waals surface area (Å²) in [5.41, 5.74) is 5.44. The molecule has 0 fully saturated rings. The summed E-state index contributed by atoms with van der Waals surface area (Å²) in [5.74, 6) is -1.09. The summed E-state index contributed by atoms with van der Waals surface area (Å²) >= 11 is 0. The Kier molecular flexibility index (Phi) is 3.72. The van der Waals surface area contributed by atoms with Gasteiger partial charge in [-0.1, -0.05) is 0 Å². The summed E-state index contributed by atoms with van der Waals surface area (Å²) in [5, 5.41) is 0. The SMILES string of the molecule is COCC(N)(OC)OC. The topological polar surface area (TPSA) is 53.7 Å². The molecular weight excluding hydrogens is 122 g/mol. The summed E-state index contributed by atoms with van der Waals surface area (Å²) in [6.07, 6.45) is 0. The molecule has 0 aliphatic heterocycles. The molecule has 9 heavy (non-hydrogen) atoms. The van der Waals surface area contributed by atoms with E-state index in [1.165, 1.54) is 21.3 Å². The predicted octanol–water partition coefficient (Wildman–Crippen LogP) is -0.462. The van der Waals surface area contributed by atoms with Gasteiger partial charge in [0.25, 0.3) is 0 Å². The first-order valence-corrected chi connectivity index (χ1v) is 2.56. The third-order valence-electron chi connectivity index (χ3n) is 1.04. The zero-order chi connectivity index (χ0) is 7.33. The van der Waals surface area contributed by atoms with Crippen molar-refractivity contribution in [2.75, 3.05) is 27.9 Å². The van der Waals surface area contributed by atoms with Gasteiger partial charge in [-0.05, 0) is 0 Å². The van der Waals surface area contributed by atoms with Gasteiger partial charge in [0.2, 0.25) is 5.91 Å². The maximum absolute atomic E-state index is 5.44. The molecule has 0 atom stereocenters. The van der Waals surface area contributed by atoms with Crippen LogP contribution < -0.4 is 5.73 Å². The van der Waals surface area contributed by atoms with E-state index in [9.17, 15) is 0 Å². The second kappa shape index (κ2) is 3.79. The van der Waals surface area contributed by atoms with E-state index in [0.717, 1.165) is 0 Å². The number of hydrogen-bond donors (Lipinski definition) is 1. The van der Waals surface area contributed by atoms with Gasteiger partial charge in [-0.15, -0.1) is 0 Å². The van der Waals surface area contributed by atoms with Crippen molar-refractivity contribution in [3.05, 3.63) is 0 Å². The second-order valence-electron chi connectivity index (χ2n) is 1.65. The third-order valence-corrected chi connectivity index (χ3v) is 1.04. The first kappa shape index (κ1) is 8.84. The van der Waals surface area contributed by atoms with Crippen LogP contribution in [-0.2, 0) is 14.2 Å². The van der Waals surface area contributed by atoms with Crippen molar-refractivity contribution < 1.29 is 14.2 Å². The molecule has 0 bridgehead atoms. The van der Waals surface area contributed by atoms with Gasteiger partial charge in [-0.3, -0.25) is 5.73 Å². The average Bonchev–Trinajstić information content (AvgIpc) is 1.89. The highest BCUT2D eigenvalue weighted by molar-refractivity contribution is 4.55. The lowest BCUT2D eigenvalue weighted by atomic mass is 10.5. The molecule has 0 spiro atoms. The van der Waals surface area contributed by atoms with Crippen LogP contribution in [0.3, 0.4) is 0 Å². The monoisotopic (exact) mass is 135 g/mol. The highest BCUT2D eigenvalue weighted by Crippen LogP contribution is 2.00. The lowest BCUT2D eigenvalue weighted by Crippen LogP contribution is -2.47. The van der Waals surface area contributed by atoms with Gasteiger partial charge < -0.3 is 14.2 Å². The summed E-state index contributed by atoms with van der Waals surface area (Å²) in [4.78, 5) is 0. The smallest absolute Gasteiger partial charge is 0.248 e. The molecule has 0 saturated heterocycles. The van der Waals surface area contributed by atoms with Gasteiger partial charge in [0, 0.05) is 21.3 Å². The van der Waals surface area contributed by atoms with E-state index in [2.05, 4.69) is 0 Å². The van der Waals surface area contributed by atoms with Crippen molar-refractivity contribution in [1.82, 2.24) is 0 Å². The second-order valence-corrected chi connectivity index (χ2v) is 1.65. The minimum absolute atomic E-state index is 0.222. The van der Waals surface area contributed by atoms with Crippen LogP contribution in [0.1, 0.15) is 0 Å². The number of methoxy groups -OCH3 is 3. The Morgan fingerprint density at radius 3 is 1.78 bits per heavy atom. The Labute approximate surface area is 54.9 Å². The Morgan fingerprint density at radius 1 is 1.22 bits per heavy atom. The van der Waals surface area contributed by atoms with E-state index in [1.807, 2.05) is 0 Å². The van der Waals surface area contributed by atoms with Gasteiger partial charge in [0.05, 0.1) is 0 Å². The van der Waals surface area contributed by atoms with E-state index >= 15 is 0 Å². The molecule has 0 aromatic heterocycles. The molecule has 0 aliphatic carbocycles. The van der Waals surface area contributed by atoms with Gasteiger partial charge in [-0.2, -0.15) is 0 Å². The summed E-state index contributed by atoms with van der Waals surface area (Å²) in [7, 11) is 4.45. The number of hydrogen-bond acceptors (Lipinski definition) is 4. The fourth-order valence-electron chi connectivity index (χ4n) is 0.402. The van der Waals surface area contributed by atoms with E-state index in [0.29, 0.717) is 0 Å². The zero-order valence-corrected chi connectivity index (χ0v) is 6.01. The summed E-state index contributed by atoms with van der Waals surface area (Å²) in [6, 6.07) is 0. The van der Waals surface area contributed by atoms with Crippen LogP contribution >= 0.6 is 0 Å². The zero-order valence-electron chi connectivity index (χ0n) is 6.01. The van der Waals surface area contributed by atoms with Crippen molar-refractivity contribution in [2.45, 2.75) is 5.91 Å². The minimum atomic E-state index is -1.09. The van der Waals surface area contributed by atoms with Crippen LogP contribution in [-0.4, -0.2) is 33.8 Å². The van der Waals surface area contributed by atoms with Gasteiger partial charge in [0.15, 0.2) is 0 Å². The van der Waals surface area contributed by atoms with Crippen LogP contribution in [0.5, 0.6) is 0 Å². The lowest BCUT2D eigenvalue weighted by Gasteiger charge is -2.24. The maximum atomic E-state index is 5.44. The Morgan fingerprint density at radius 2 is 1.67 bits per heavy atom. The Hall–Kier alpha value is -0.160. The van der Waals surface area contributed by atoms with E-state index in [4.69, 9.17) is 19.9 Å². The minimum Gasteiger partial charge on any atom is -0.378 e. The third kappa shape index (κ3) is 2.76. The summed E-state index contributed by atoms with van der Waals surface area (Å²) < 4.78 is 14.2. The van der Waals surface area contributed by atoms with Gasteiger partial charge >= 0.3 is 0 Å². The standard InChI is InChI=1S/C5H13NO3/c1-7-4-5(6,8-2)9-3/h4,6H2,1-3H3. The first-order chi connectivity index (χ1) is 4.18. The van der Waals surface area contributed by atoms with Crippen LogP contribution in [0.2, 0.25) is 0 Å². The van der Waals surface area contributed by atoms with E-state index < -0.39 is 5.91 Å². The van der Waals surface area contributed by atoms with Crippen molar-refractivity contribution in [2.24, 2.45) is 5.73 Å². The first-order valence-electron chi connectivity index (χ1n) is 2.56. The van der Waals surface area contributed by atoms with Crippen molar-refractivity contribution in [3.63, 3.8) is 0 Å². The molecule has 56 valence electrons. The number of nitrogens with two attached hydrogens (primary N) is 1. The highest BCUT2D eigenvalue weighted by Gasteiger charge is 2.22. The molecule has 0 aromatic rings. The molecule has 4 heteroatoms. The highest BCUT2D eigenvalue weighted by atomic mass is 16.7. The van der Waals surface area contributed by atoms with Gasteiger partial charge in [-0.25, -0.2) is 0 Å². The molecule has 0 heterocycles. The largest absolute Gasteiger partial charge is 0.378 e. The molecular formula is C5H13NO3. The quantitative estimate of drug-likeness (QED) is 0.530. The van der Waals surface area contributed by atoms with E-state index in [1.54, 1.807) is 0 Å². The molecule has 0 saturated carbocycles. The fraction of sp³-hybridized carbons (Fsp3) is 1.00. The molecule has 0 radical (unpaired) electrons. The summed E-state index contributed by atoms with van der Waals surface area (Å²) in [6.45, 7) is 0.222. The van der Waals surface area contributed by atoms with Crippen LogP contribution in [0.15, 0.2) is 0 Å². The number of ether oxygens (including phenoxy) is 3. The lowest BCUT2D eigenvalue weighted by molar-refractivity contribution is -0.227. The number of rotatable bonds is 4. The van der Waals surface area contributed by atoms with Crippen LogP contribution in [0, 0.1) is 0 Å². The molecule has 0 unspecified atom stereocenters. The average molecular weight is 135 g/mol. The predicted molar refractivity (Wildman–Crippen MR) is 32.8 cm³/mol. The molecule has 2 N–H and O–H groups in total. The maximum Gasteiger partial charge on any atom is 0.248 e. The van der Waals surface area contributed by atoms with Crippen LogP contribution in [0.25, 0.3) is 0 Å². The molecule has 0 aliphatic rings. The fourth-order valence-corrected chi connectivity index (χ4v) is 0.402. The normalized spacial score (nSPS) is 12.0. The molecule has 0 aromatic carbocycles. The van der Waals surface area contributed by atoms with Gasteiger partial charge in [0.1, 0.15) is 6.61 Å².